The fraction of sp³-hybridized carbons (Fsp3) is 0.417. The Labute approximate surface area is 121 Å². The summed E-state index contributed by atoms with van der Waals surface area (Å²) in [6.07, 6.45) is -0.339. The molecule has 0 amide bonds. The number of hydrogen-bond acceptors (Lipinski definition) is 3. The number of carboxylic acid groups (broad SMARTS) is 1. The van der Waals surface area contributed by atoms with Gasteiger partial charge in [0.05, 0.1) is 6.42 Å². The Morgan fingerprint density at radius 3 is 2.38 bits per heavy atom. The number of hydrogen-bond donors (Lipinski definition) is 1. The van der Waals surface area contributed by atoms with E-state index in [1.54, 1.807) is 0 Å². The van der Waals surface area contributed by atoms with E-state index in [0.717, 1.165) is 20.7 Å². The number of benzene rings is 1. The van der Waals surface area contributed by atoms with Crippen molar-refractivity contribution in [2.24, 2.45) is 0 Å². The topological polar surface area (TPSA) is 77.9 Å². The standard InChI is InChI=1S/C12H16F2N2O4S/c1-15(6-5-12(17)18)21(19,20)16(2)8-9-3-4-10(13)7-11(9)14/h3-4,7H,5-6,8H2,1-2H3,(H,17,18). The Bertz CT molecular complexity index is 622. The zero-order valence-corrected chi connectivity index (χ0v) is 12.4. The molecule has 9 heteroatoms. The van der Waals surface area contributed by atoms with Gasteiger partial charge in [0.2, 0.25) is 0 Å². The molecule has 0 aromatic heterocycles. The van der Waals surface area contributed by atoms with Crippen LogP contribution in [-0.2, 0) is 21.5 Å². The summed E-state index contributed by atoms with van der Waals surface area (Å²) in [5.41, 5.74) is 0.0223. The maximum atomic E-state index is 13.5. The largest absolute Gasteiger partial charge is 0.481 e. The first-order valence-corrected chi connectivity index (χ1v) is 7.37. The van der Waals surface area contributed by atoms with Gasteiger partial charge in [-0.3, -0.25) is 4.79 Å². The maximum Gasteiger partial charge on any atom is 0.304 e. The second-order valence-electron chi connectivity index (χ2n) is 4.46. The quantitative estimate of drug-likeness (QED) is 0.814. The first kappa shape index (κ1) is 17.5. The van der Waals surface area contributed by atoms with Crippen LogP contribution in [0.15, 0.2) is 18.2 Å². The molecule has 1 aromatic rings. The predicted octanol–water partition coefficient (Wildman–Crippen LogP) is 1.05. The van der Waals surface area contributed by atoms with E-state index in [0.29, 0.717) is 6.07 Å². The number of carboxylic acids is 1. The molecule has 0 aliphatic heterocycles. The molecule has 0 aliphatic rings. The normalized spacial score (nSPS) is 12.1. The van der Waals surface area contributed by atoms with Gasteiger partial charge in [0, 0.05) is 38.8 Å². The molecule has 0 heterocycles. The van der Waals surface area contributed by atoms with E-state index in [2.05, 4.69) is 0 Å². The van der Waals surface area contributed by atoms with Crippen molar-refractivity contribution < 1.29 is 27.1 Å². The lowest BCUT2D eigenvalue weighted by atomic mass is 10.2. The molecule has 1 rings (SSSR count). The Hall–Kier alpha value is -1.58. The molecule has 1 N–H and O–H groups in total. The van der Waals surface area contributed by atoms with Crippen molar-refractivity contribution in [3.8, 4) is 0 Å². The maximum absolute atomic E-state index is 13.5. The van der Waals surface area contributed by atoms with Crippen LogP contribution in [0.25, 0.3) is 0 Å². The number of halogens is 2. The Balaban J connectivity index is 2.81. The van der Waals surface area contributed by atoms with E-state index in [1.165, 1.54) is 14.1 Å². The number of rotatable bonds is 7. The van der Waals surface area contributed by atoms with Gasteiger partial charge in [-0.15, -0.1) is 0 Å². The Morgan fingerprint density at radius 2 is 1.86 bits per heavy atom. The second-order valence-corrected chi connectivity index (χ2v) is 6.61. The van der Waals surface area contributed by atoms with E-state index >= 15 is 0 Å². The molecular weight excluding hydrogens is 306 g/mol. The van der Waals surface area contributed by atoms with Gasteiger partial charge in [-0.25, -0.2) is 8.78 Å². The third-order valence-electron chi connectivity index (χ3n) is 2.84. The highest BCUT2D eigenvalue weighted by molar-refractivity contribution is 7.86. The van der Waals surface area contributed by atoms with Crippen LogP contribution in [0.1, 0.15) is 12.0 Å². The van der Waals surface area contributed by atoms with E-state index in [9.17, 15) is 22.0 Å². The Morgan fingerprint density at radius 1 is 1.24 bits per heavy atom. The molecule has 0 bridgehead atoms. The summed E-state index contributed by atoms with van der Waals surface area (Å²) in [6.45, 7) is -0.486. The molecule has 21 heavy (non-hydrogen) atoms. The van der Waals surface area contributed by atoms with Gasteiger partial charge in [-0.2, -0.15) is 17.0 Å². The van der Waals surface area contributed by atoms with Gasteiger partial charge in [0.1, 0.15) is 11.6 Å². The first-order valence-electron chi connectivity index (χ1n) is 5.98. The van der Waals surface area contributed by atoms with Crippen LogP contribution in [0.3, 0.4) is 0 Å². The third-order valence-corrected chi connectivity index (χ3v) is 4.72. The van der Waals surface area contributed by atoms with Crippen LogP contribution in [0.2, 0.25) is 0 Å². The molecule has 0 fully saturated rings. The summed E-state index contributed by atoms with van der Waals surface area (Å²) < 4.78 is 52.2. The highest BCUT2D eigenvalue weighted by atomic mass is 32.2. The van der Waals surface area contributed by atoms with E-state index in [-0.39, 0.29) is 25.1 Å². The molecule has 1 aromatic carbocycles. The van der Waals surface area contributed by atoms with E-state index < -0.39 is 27.8 Å². The van der Waals surface area contributed by atoms with Crippen molar-refractivity contribution in [2.45, 2.75) is 13.0 Å². The van der Waals surface area contributed by atoms with Crippen molar-refractivity contribution in [3.63, 3.8) is 0 Å². The average Bonchev–Trinajstić information content (AvgIpc) is 2.38. The highest BCUT2D eigenvalue weighted by Crippen LogP contribution is 2.14. The summed E-state index contributed by atoms with van der Waals surface area (Å²) in [7, 11) is -1.45. The highest BCUT2D eigenvalue weighted by Gasteiger charge is 2.24. The van der Waals surface area contributed by atoms with E-state index in [4.69, 9.17) is 5.11 Å². The molecule has 0 spiro atoms. The van der Waals surface area contributed by atoms with Gasteiger partial charge in [0.25, 0.3) is 10.2 Å². The van der Waals surface area contributed by atoms with Gasteiger partial charge in [0.15, 0.2) is 0 Å². The lowest BCUT2D eigenvalue weighted by Crippen LogP contribution is -2.40. The smallest absolute Gasteiger partial charge is 0.304 e. The minimum absolute atomic E-state index is 0.0223. The van der Waals surface area contributed by atoms with Crippen LogP contribution in [-0.4, -0.2) is 48.7 Å². The van der Waals surface area contributed by atoms with E-state index in [1.807, 2.05) is 0 Å². The van der Waals surface area contributed by atoms with Crippen LogP contribution in [0, 0.1) is 11.6 Å². The fourth-order valence-corrected chi connectivity index (χ4v) is 2.68. The number of nitrogens with zero attached hydrogens (tertiary/aromatic N) is 2. The summed E-state index contributed by atoms with van der Waals surface area (Å²) in [5.74, 6) is -2.71. The minimum Gasteiger partial charge on any atom is -0.481 e. The van der Waals surface area contributed by atoms with Crippen LogP contribution >= 0.6 is 0 Å². The van der Waals surface area contributed by atoms with Crippen molar-refractivity contribution in [1.82, 2.24) is 8.61 Å². The lowest BCUT2D eigenvalue weighted by molar-refractivity contribution is -0.137. The molecule has 0 saturated heterocycles. The molecule has 0 saturated carbocycles. The SMILES string of the molecule is CN(CCC(=O)O)S(=O)(=O)N(C)Cc1ccc(F)cc1F. The first-order chi connectivity index (χ1) is 9.64. The van der Waals surface area contributed by atoms with Gasteiger partial charge in [-0.1, -0.05) is 6.07 Å². The monoisotopic (exact) mass is 322 g/mol. The third kappa shape index (κ3) is 4.73. The summed E-state index contributed by atoms with van der Waals surface area (Å²) in [5, 5.41) is 8.54. The molecule has 0 unspecified atom stereocenters. The minimum atomic E-state index is -3.92. The van der Waals surface area contributed by atoms with Gasteiger partial charge < -0.3 is 5.11 Å². The summed E-state index contributed by atoms with van der Waals surface area (Å²) in [4.78, 5) is 10.4. The molecule has 118 valence electrons. The molecule has 0 aliphatic carbocycles. The molecule has 0 radical (unpaired) electrons. The van der Waals surface area contributed by atoms with Crippen molar-refractivity contribution in [3.05, 3.63) is 35.4 Å². The van der Waals surface area contributed by atoms with Crippen molar-refractivity contribution in [2.75, 3.05) is 20.6 Å². The lowest BCUT2D eigenvalue weighted by Gasteiger charge is -2.24. The second kappa shape index (κ2) is 6.92. The van der Waals surface area contributed by atoms with Gasteiger partial charge >= 0.3 is 5.97 Å². The van der Waals surface area contributed by atoms with Crippen LogP contribution < -0.4 is 0 Å². The molecule has 0 atom stereocenters. The predicted molar refractivity (Wildman–Crippen MR) is 71.6 cm³/mol. The summed E-state index contributed by atoms with van der Waals surface area (Å²) >= 11 is 0. The number of carbonyl (C=O) groups is 1. The average molecular weight is 322 g/mol. The van der Waals surface area contributed by atoms with Crippen LogP contribution in [0.5, 0.6) is 0 Å². The Kier molecular flexibility index (Phi) is 5.76. The van der Waals surface area contributed by atoms with Crippen LogP contribution in [0.4, 0.5) is 8.78 Å². The van der Waals surface area contributed by atoms with Crippen molar-refractivity contribution in [1.29, 1.82) is 0 Å². The zero-order valence-electron chi connectivity index (χ0n) is 11.6. The zero-order chi connectivity index (χ0) is 16.2. The fourth-order valence-electron chi connectivity index (χ4n) is 1.58. The van der Waals surface area contributed by atoms with Gasteiger partial charge in [-0.05, 0) is 6.07 Å². The summed E-state index contributed by atoms with van der Waals surface area (Å²) in [6, 6.07) is 2.87. The van der Waals surface area contributed by atoms with Crippen molar-refractivity contribution >= 4 is 16.2 Å². The molecule has 6 nitrogen and oxygen atoms in total. The molecular formula is C12H16F2N2O4S. The number of aliphatic carboxylic acids is 1.